The fourth-order valence-corrected chi connectivity index (χ4v) is 3.15. The number of carbonyl (C=O) groups excluding carboxylic acids is 1. The quantitative estimate of drug-likeness (QED) is 0.482. The number of thioether (sulfide) groups is 1. The number of esters is 1. The van der Waals surface area contributed by atoms with Gasteiger partial charge in [0.05, 0.1) is 22.8 Å². The fourth-order valence-electron chi connectivity index (χ4n) is 2.30. The summed E-state index contributed by atoms with van der Waals surface area (Å²) in [6, 6.07) is 7.54. The molecule has 1 aromatic carbocycles. The van der Waals surface area contributed by atoms with Gasteiger partial charge in [-0.05, 0) is 38.8 Å². The fraction of sp³-hybridized carbons (Fsp3) is 0.438. The first-order chi connectivity index (χ1) is 10.6. The minimum Gasteiger partial charge on any atom is -0.462 e. The molecule has 0 atom stereocenters. The lowest BCUT2D eigenvalue weighted by atomic mass is 10.2. The van der Waals surface area contributed by atoms with Gasteiger partial charge in [-0.15, -0.1) is 0 Å². The average Bonchev–Trinajstić information content (AvgIpc) is 3.29. The lowest BCUT2D eigenvalue weighted by Crippen LogP contribution is -2.23. The molecule has 0 unspecified atom stereocenters. The average molecular weight is 318 g/mol. The molecule has 1 heterocycles. The molecule has 2 aromatic rings. The number of carbonyl (C=O) groups is 1. The van der Waals surface area contributed by atoms with Crippen molar-refractivity contribution in [2.75, 3.05) is 5.75 Å². The van der Waals surface area contributed by atoms with E-state index in [2.05, 4.69) is 4.98 Å². The van der Waals surface area contributed by atoms with Crippen LogP contribution in [0.5, 0.6) is 0 Å². The van der Waals surface area contributed by atoms with Gasteiger partial charge in [-0.2, -0.15) is 0 Å². The van der Waals surface area contributed by atoms with Crippen LogP contribution >= 0.6 is 11.8 Å². The number of hydrogen-bond donors (Lipinski definition) is 0. The Morgan fingerprint density at radius 3 is 2.82 bits per heavy atom. The van der Waals surface area contributed by atoms with E-state index >= 15 is 0 Å². The Morgan fingerprint density at radius 2 is 2.14 bits per heavy atom. The second-order valence-electron chi connectivity index (χ2n) is 5.65. The molecule has 116 valence electrons. The van der Waals surface area contributed by atoms with Crippen LogP contribution in [0.3, 0.4) is 0 Å². The largest absolute Gasteiger partial charge is 0.462 e. The van der Waals surface area contributed by atoms with Crippen molar-refractivity contribution in [1.29, 1.82) is 0 Å². The van der Waals surface area contributed by atoms with E-state index < -0.39 is 0 Å². The summed E-state index contributed by atoms with van der Waals surface area (Å²) in [4.78, 5) is 28.9. The minimum absolute atomic E-state index is 0.0205. The molecule has 1 aromatic heterocycles. The SMILES string of the molecule is CC(C)OC(=O)CSc1nc2ccccc2c(=O)n1C1CC1. The number of fused-ring (bicyclic) bond motifs is 1. The number of nitrogens with zero attached hydrogens (tertiary/aromatic N) is 2. The van der Waals surface area contributed by atoms with Crippen molar-refractivity contribution >= 4 is 28.6 Å². The van der Waals surface area contributed by atoms with Gasteiger partial charge < -0.3 is 4.74 Å². The third-order valence-corrected chi connectivity index (χ3v) is 4.30. The number of rotatable bonds is 5. The Labute approximate surface area is 132 Å². The molecule has 6 heteroatoms. The molecule has 0 aliphatic heterocycles. The summed E-state index contributed by atoms with van der Waals surface area (Å²) in [5.41, 5.74) is 0.650. The van der Waals surface area contributed by atoms with E-state index in [1.807, 2.05) is 32.0 Å². The smallest absolute Gasteiger partial charge is 0.316 e. The van der Waals surface area contributed by atoms with Gasteiger partial charge in [0.25, 0.3) is 5.56 Å². The van der Waals surface area contributed by atoms with Crippen molar-refractivity contribution in [1.82, 2.24) is 9.55 Å². The molecule has 1 saturated carbocycles. The summed E-state index contributed by atoms with van der Waals surface area (Å²) >= 11 is 1.27. The van der Waals surface area contributed by atoms with Gasteiger partial charge in [-0.3, -0.25) is 14.2 Å². The summed E-state index contributed by atoms with van der Waals surface area (Å²) in [5, 5.41) is 1.23. The predicted octanol–water partition coefficient (Wildman–Crippen LogP) is 2.78. The molecule has 0 bridgehead atoms. The maximum absolute atomic E-state index is 12.6. The molecule has 0 saturated heterocycles. The molecule has 1 aliphatic rings. The van der Waals surface area contributed by atoms with E-state index in [4.69, 9.17) is 4.74 Å². The molecule has 22 heavy (non-hydrogen) atoms. The third kappa shape index (κ3) is 3.16. The molecule has 1 aliphatic carbocycles. The van der Waals surface area contributed by atoms with Crippen LogP contribution in [0, 0.1) is 0 Å². The first-order valence-electron chi connectivity index (χ1n) is 7.40. The van der Waals surface area contributed by atoms with E-state index in [1.165, 1.54) is 11.8 Å². The second-order valence-corrected chi connectivity index (χ2v) is 6.59. The van der Waals surface area contributed by atoms with Crippen molar-refractivity contribution in [3.63, 3.8) is 0 Å². The van der Waals surface area contributed by atoms with Crippen LogP contribution < -0.4 is 5.56 Å². The van der Waals surface area contributed by atoms with Crippen molar-refractivity contribution in [3.05, 3.63) is 34.6 Å². The van der Waals surface area contributed by atoms with Gasteiger partial charge in [0.15, 0.2) is 5.16 Å². The molecule has 0 N–H and O–H groups in total. The van der Waals surface area contributed by atoms with Crippen LogP contribution in [-0.2, 0) is 9.53 Å². The number of para-hydroxylation sites is 1. The highest BCUT2D eigenvalue weighted by Gasteiger charge is 2.28. The predicted molar refractivity (Wildman–Crippen MR) is 86.2 cm³/mol. The molecule has 0 radical (unpaired) electrons. The zero-order valence-electron chi connectivity index (χ0n) is 12.6. The van der Waals surface area contributed by atoms with Gasteiger partial charge in [0.2, 0.25) is 0 Å². The number of benzene rings is 1. The Morgan fingerprint density at radius 1 is 1.41 bits per heavy atom. The number of hydrogen-bond acceptors (Lipinski definition) is 5. The zero-order chi connectivity index (χ0) is 15.7. The van der Waals surface area contributed by atoms with Crippen LogP contribution in [0.4, 0.5) is 0 Å². The third-order valence-electron chi connectivity index (χ3n) is 3.37. The highest BCUT2D eigenvalue weighted by atomic mass is 32.2. The Balaban J connectivity index is 1.92. The number of ether oxygens (including phenoxy) is 1. The maximum atomic E-state index is 12.6. The molecular weight excluding hydrogens is 300 g/mol. The van der Waals surface area contributed by atoms with Gasteiger partial charge in [-0.25, -0.2) is 4.98 Å². The Bertz CT molecular complexity index is 766. The number of aromatic nitrogens is 2. The first-order valence-corrected chi connectivity index (χ1v) is 8.38. The zero-order valence-corrected chi connectivity index (χ0v) is 13.4. The Kier molecular flexibility index (Phi) is 4.20. The summed E-state index contributed by atoms with van der Waals surface area (Å²) in [6.45, 7) is 3.63. The molecule has 3 rings (SSSR count). The minimum atomic E-state index is -0.287. The topological polar surface area (TPSA) is 61.2 Å². The molecule has 1 fully saturated rings. The maximum Gasteiger partial charge on any atom is 0.316 e. The van der Waals surface area contributed by atoms with Crippen LogP contribution in [0.1, 0.15) is 32.7 Å². The van der Waals surface area contributed by atoms with Crippen molar-refractivity contribution in [3.8, 4) is 0 Å². The van der Waals surface area contributed by atoms with Crippen LogP contribution in [0.25, 0.3) is 10.9 Å². The lowest BCUT2D eigenvalue weighted by molar-refractivity contribution is -0.144. The highest BCUT2D eigenvalue weighted by molar-refractivity contribution is 7.99. The van der Waals surface area contributed by atoms with Gasteiger partial charge in [-0.1, -0.05) is 23.9 Å². The second kappa shape index (κ2) is 6.12. The molecule has 5 nitrogen and oxygen atoms in total. The van der Waals surface area contributed by atoms with E-state index in [9.17, 15) is 9.59 Å². The van der Waals surface area contributed by atoms with Crippen LogP contribution in [-0.4, -0.2) is 27.4 Å². The van der Waals surface area contributed by atoms with E-state index in [0.29, 0.717) is 16.1 Å². The monoisotopic (exact) mass is 318 g/mol. The summed E-state index contributed by atoms with van der Waals surface area (Å²) in [7, 11) is 0. The van der Waals surface area contributed by atoms with Gasteiger partial charge in [0.1, 0.15) is 0 Å². The van der Waals surface area contributed by atoms with E-state index in [-0.39, 0.29) is 29.4 Å². The molecular formula is C16H18N2O3S. The van der Waals surface area contributed by atoms with E-state index in [0.717, 1.165) is 12.8 Å². The standard InChI is InChI=1S/C16H18N2O3S/c1-10(2)21-14(19)9-22-16-17-13-6-4-3-5-12(13)15(20)18(16)11-7-8-11/h3-6,10-11H,7-9H2,1-2H3. The van der Waals surface area contributed by atoms with Gasteiger partial charge >= 0.3 is 5.97 Å². The van der Waals surface area contributed by atoms with Crippen LogP contribution in [0.2, 0.25) is 0 Å². The molecule has 0 amide bonds. The van der Waals surface area contributed by atoms with Crippen LogP contribution in [0.15, 0.2) is 34.2 Å². The van der Waals surface area contributed by atoms with Crippen molar-refractivity contribution in [2.24, 2.45) is 0 Å². The van der Waals surface area contributed by atoms with Crippen molar-refractivity contribution < 1.29 is 9.53 Å². The normalized spacial score (nSPS) is 14.5. The van der Waals surface area contributed by atoms with Crippen molar-refractivity contribution in [2.45, 2.75) is 44.0 Å². The summed E-state index contributed by atoms with van der Waals surface area (Å²) < 4.78 is 6.86. The van der Waals surface area contributed by atoms with E-state index in [1.54, 1.807) is 10.6 Å². The lowest BCUT2D eigenvalue weighted by Gasteiger charge is -2.12. The van der Waals surface area contributed by atoms with Gasteiger partial charge in [0, 0.05) is 6.04 Å². The molecule has 0 spiro atoms. The summed E-state index contributed by atoms with van der Waals surface area (Å²) in [6.07, 6.45) is 1.84. The Hall–Kier alpha value is -1.82. The first kappa shape index (κ1) is 15.1. The highest BCUT2D eigenvalue weighted by Crippen LogP contribution is 2.36. The summed E-state index contributed by atoms with van der Waals surface area (Å²) in [5.74, 6) is -0.125.